The van der Waals surface area contributed by atoms with E-state index in [1.54, 1.807) is 49.1 Å². The predicted octanol–water partition coefficient (Wildman–Crippen LogP) is 2.98. The molecule has 0 aliphatic rings. The van der Waals surface area contributed by atoms with E-state index in [2.05, 4.69) is 27.6 Å². The van der Waals surface area contributed by atoms with Gasteiger partial charge in [-0.1, -0.05) is 0 Å². The molecule has 2 aromatic heterocycles. The van der Waals surface area contributed by atoms with E-state index >= 15 is 0 Å². The Bertz CT molecular complexity index is 1010. The van der Waals surface area contributed by atoms with Crippen molar-refractivity contribution in [3.05, 3.63) is 49.9 Å². The number of nitrogens with zero attached hydrogens (tertiary/aromatic N) is 2. The van der Waals surface area contributed by atoms with Crippen LogP contribution < -0.4 is 5.56 Å². The molecule has 0 amide bonds. The number of hydrogen-bond donors (Lipinski definition) is 0. The minimum Gasteiger partial charge on any atom is -0.462 e. The number of carbonyl (C=O) groups is 1. The molecule has 0 aliphatic heterocycles. The maximum absolute atomic E-state index is 12.9. The summed E-state index contributed by atoms with van der Waals surface area (Å²) in [5.41, 5.74) is 1.56. The fourth-order valence-corrected chi connectivity index (χ4v) is 3.68. The van der Waals surface area contributed by atoms with Crippen molar-refractivity contribution in [1.82, 2.24) is 9.55 Å². The molecular formula is C18H17IN2O4. The van der Waals surface area contributed by atoms with Gasteiger partial charge in [-0.25, -0.2) is 4.79 Å². The Hall–Kier alpha value is -2.00. The van der Waals surface area contributed by atoms with E-state index < -0.39 is 5.97 Å². The zero-order valence-electron chi connectivity index (χ0n) is 13.9. The molecule has 2 heterocycles. The summed E-state index contributed by atoms with van der Waals surface area (Å²) >= 11 is 2.17. The Morgan fingerprint density at radius 2 is 2.16 bits per heavy atom. The molecule has 0 saturated heterocycles. The summed E-state index contributed by atoms with van der Waals surface area (Å²) in [6.07, 6.45) is 1.66. The molecule has 6 nitrogen and oxygen atoms in total. The quantitative estimate of drug-likeness (QED) is 0.338. The van der Waals surface area contributed by atoms with E-state index in [-0.39, 0.29) is 5.56 Å². The summed E-state index contributed by atoms with van der Waals surface area (Å²) in [6.45, 7) is 2.83. The fourth-order valence-electron chi connectivity index (χ4n) is 2.81. The number of rotatable bonds is 5. The number of hydrogen-bond acceptors (Lipinski definition) is 5. The number of pyridine rings is 2. The standard InChI is InChI=1S/C18H17IN2O4/c1-3-25-18(23)11-9-13(19)15-14(10-11)21(7-8-24-2)17(22)12-5-4-6-20-16(12)15/h4-6,9-10H,3,7-8H2,1-2H3. The molecule has 0 saturated carbocycles. The van der Waals surface area contributed by atoms with Crippen LogP contribution in [0.15, 0.2) is 35.3 Å². The first kappa shape index (κ1) is 17.8. The van der Waals surface area contributed by atoms with E-state index in [1.807, 2.05) is 0 Å². The summed E-state index contributed by atoms with van der Waals surface area (Å²) in [7, 11) is 1.59. The lowest BCUT2D eigenvalue weighted by molar-refractivity contribution is 0.0526. The second-order valence-electron chi connectivity index (χ2n) is 5.42. The highest BCUT2D eigenvalue weighted by molar-refractivity contribution is 14.1. The van der Waals surface area contributed by atoms with Crippen molar-refractivity contribution in [1.29, 1.82) is 0 Å². The number of carbonyl (C=O) groups excluding carboxylic acids is 1. The minimum atomic E-state index is -0.408. The van der Waals surface area contributed by atoms with Crippen molar-refractivity contribution in [2.24, 2.45) is 0 Å². The summed E-state index contributed by atoms with van der Waals surface area (Å²) in [5, 5.41) is 1.40. The molecule has 0 fully saturated rings. The molecular weight excluding hydrogens is 435 g/mol. The van der Waals surface area contributed by atoms with Crippen LogP contribution in [-0.4, -0.2) is 35.8 Å². The summed E-state index contributed by atoms with van der Waals surface area (Å²) in [4.78, 5) is 29.5. The molecule has 25 heavy (non-hydrogen) atoms. The number of aromatic nitrogens is 2. The van der Waals surface area contributed by atoms with Crippen LogP contribution in [0.5, 0.6) is 0 Å². The lowest BCUT2D eigenvalue weighted by Crippen LogP contribution is -2.24. The minimum absolute atomic E-state index is 0.149. The van der Waals surface area contributed by atoms with Crippen molar-refractivity contribution in [3.8, 4) is 0 Å². The maximum Gasteiger partial charge on any atom is 0.338 e. The second kappa shape index (κ2) is 7.49. The Labute approximate surface area is 157 Å². The van der Waals surface area contributed by atoms with Gasteiger partial charge in [0.05, 0.1) is 35.2 Å². The molecule has 0 N–H and O–H groups in total. The van der Waals surface area contributed by atoms with Gasteiger partial charge < -0.3 is 14.0 Å². The van der Waals surface area contributed by atoms with Crippen LogP contribution in [0.2, 0.25) is 0 Å². The lowest BCUT2D eigenvalue weighted by Gasteiger charge is -2.14. The average molecular weight is 452 g/mol. The summed E-state index contributed by atoms with van der Waals surface area (Å²) in [5.74, 6) is -0.408. The van der Waals surface area contributed by atoms with E-state index in [1.165, 1.54) is 0 Å². The van der Waals surface area contributed by atoms with E-state index in [0.717, 1.165) is 8.96 Å². The molecule has 130 valence electrons. The summed E-state index contributed by atoms with van der Waals surface area (Å²) in [6, 6.07) is 6.97. The highest BCUT2D eigenvalue weighted by Gasteiger charge is 2.17. The van der Waals surface area contributed by atoms with Crippen molar-refractivity contribution < 1.29 is 14.3 Å². The predicted molar refractivity (Wildman–Crippen MR) is 104 cm³/mol. The number of ether oxygens (including phenoxy) is 2. The van der Waals surface area contributed by atoms with Crippen molar-refractivity contribution >= 4 is 50.4 Å². The number of benzene rings is 1. The molecule has 0 radical (unpaired) electrons. The molecule has 0 bridgehead atoms. The van der Waals surface area contributed by atoms with Crippen molar-refractivity contribution in [2.75, 3.05) is 20.3 Å². The van der Waals surface area contributed by atoms with Crippen LogP contribution in [0.4, 0.5) is 0 Å². The monoisotopic (exact) mass is 452 g/mol. The molecule has 0 aliphatic carbocycles. The lowest BCUT2D eigenvalue weighted by atomic mass is 10.1. The van der Waals surface area contributed by atoms with Crippen LogP contribution in [0, 0.1) is 3.57 Å². The third kappa shape index (κ3) is 3.25. The molecule has 7 heteroatoms. The van der Waals surface area contributed by atoms with Crippen LogP contribution >= 0.6 is 22.6 Å². The van der Waals surface area contributed by atoms with E-state index in [9.17, 15) is 9.59 Å². The second-order valence-corrected chi connectivity index (χ2v) is 6.58. The zero-order valence-corrected chi connectivity index (χ0v) is 16.1. The summed E-state index contributed by atoms with van der Waals surface area (Å²) < 4.78 is 12.7. The SMILES string of the molecule is CCOC(=O)c1cc(I)c2c3ncccc3c(=O)n(CCOC)c2c1. The molecule has 0 spiro atoms. The molecule has 3 aromatic rings. The normalized spacial score (nSPS) is 11.2. The van der Waals surface area contributed by atoms with Crippen molar-refractivity contribution in [2.45, 2.75) is 13.5 Å². The highest BCUT2D eigenvalue weighted by atomic mass is 127. The van der Waals surface area contributed by atoms with E-state index in [4.69, 9.17) is 9.47 Å². The first-order chi connectivity index (χ1) is 12.1. The topological polar surface area (TPSA) is 70.4 Å². The van der Waals surface area contributed by atoms with Gasteiger partial charge in [0.2, 0.25) is 0 Å². The number of fused-ring (bicyclic) bond motifs is 3. The number of esters is 1. The fraction of sp³-hybridized carbons (Fsp3) is 0.278. The van der Waals surface area contributed by atoms with E-state index in [0.29, 0.717) is 41.7 Å². The van der Waals surface area contributed by atoms with Crippen LogP contribution in [0.25, 0.3) is 21.8 Å². The van der Waals surface area contributed by atoms with Gasteiger partial charge in [-0.3, -0.25) is 9.78 Å². The van der Waals surface area contributed by atoms with Gasteiger partial charge in [-0.2, -0.15) is 0 Å². The average Bonchev–Trinajstić information content (AvgIpc) is 2.61. The molecule has 0 unspecified atom stereocenters. The van der Waals surface area contributed by atoms with Gasteiger partial charge in [-0.05, 0) is 53.8 Å². The molecule has 1 aromatic carbocycles. The van der Waals surface area contributed by atoms with Gasteiger partial charge in [0.25, 0.3) is 5.56 Å². The highest BCUT2D eigenvalue weighted by Crippen LogP contribution is 2.28. The first-order valence-electron chi connectivity index (χ1n) is 7.85. The third-order valence-electron chi connectivity index (χ3n) is 3.91. The Balaban J connectivity index is 2.40. The smallest absolute Gasteiger partial charge is 0.338 e. The maximum atomic E-state index is 12.9. The Morgan fingerprint density at radius 3 is 2.88 bits per heavy atom. The van der Waals surface area contributed by atoms with Gasteiger partial charge in [0, 0.05) is 28.8 Å². The molecule has 3 rings (SSSR count). The third-order valence-corrected chi connectivity index (χ3v) is 4.76. The van der Waals surface area contributed by atoms with Crippen LogP contribution in [0.1, 0.15) is 17.3 Å². The van der Waals surface area contributed by atoms with Gasteiger partial charge in [-0.15, -0.1) is 0 Å². The van der Waals surface area contributed by atoms with Crippen LogP contribution in [-0.2, 0) is 16.0 Å². The van der Waals surface area contributed by atoms with Crippen molar-refractivity contribution in [3.63, 3.8) is 0 Å². The van der Waals surface area contributed by atoms with Gasteiger partial charge >= 0.3 is 5.97 Å². The van der Waals surface area contributed by atoms with Gasteiger partial charge in [0.15, 0.2) is 0 Å². The van der Waals surface area contributed by atoms with Gasteiger partial charge in [0.1, 0.15) is 0 Å². The Morgan fingerprint density at radius 1 is 1.36 bits per heavy atom. The molecule has 0 atom stereocenters. The first-order valence-corrected chi connectivity index (χ1v) is 8.93. The Kier molecular flexibility index (Phi) is 5.33. The largest absolute Gasteiger partial charge is 0.462 e. The zero-order chi connectivity index (χ0) is 18.0. The number of halogens is 1. The van der Waals surface area contributed by atoms with Crippen LogP contribution in [0.3, 0.4) is 0 Å². The number of methoxy groups -OCH3 is 1.